The lowest BCUT2D eigenvalue weighted by molar-refractivity contribution is 0.104. The number of halogens is 2. The number of hydrogen-bond donors (Lipinski definition) is 2. The average molecular weight is 354 g/mol. The number of carbonyl (C=O) groups is 1. The van der Waals surface area contributed by atoms with Gasteiger partial charge in [-0.1, -0.05) is 29.8 Å². The Morgan fingerprint density at radius 2 is 1.85 bits per heavy atom. The molecule has 5 heteroatoms. The molecule has 0 saturated heterocycles. The van der Waals surface area contributed by atoms with Crippen LogP contribution in [-0.2, 0) is 0 Å². The Balaban J connectivity index is 2.38. The predicted molar refractivity (Wildman–Crippen MR) is 82.5 cm³/mol. The van der Waals surface area contributed by atoms with Crippen molar-refractivity contribution in [1.29, 1.82) is 0 Å². The minimum Gasteiger partial charge on any atom is -0.508 e. The van der Waals surface area contributed by atoms with Crippen molar-refractivity contribution in [2.75, 3.05) is 0 Å². The van der Waals surface area contributed by atoms with E-state index >= 15 is 0 Å². The Kier molecular flexibility index (Phi) is 4.47. The molecular formula is C15H10BrClO3. The topological polar surface area (TPSA) is 57.5 Å². The van der Waals surface area contributed by atoms with Crippen molar-refractivity contribution in [3.63, 3.8) is 0 Å². The maximum absolute atomic E-state index is 12.2. The lowest BCUT2D eigenvalue weighted by Crippen LogP contribution is -1.99. The maximum Gasteiger partial charge on any atom is 0.203 e. The number of phenolic OH excluding ortho intramolecular Hbond substituents is 2. The minimum atomic E-state index is -0.446. The number of Topliss-reactive ketones (excluding diaryl/α,β-unsaturated/α-hetero) is 1. The van der Waals surface area contributed by atoms with E-state index in [1.165, 1.54) is 18.2 Å². The van der Waals surface area contributed by atoms with Gasteiger partial charge < -0.3 is 10.2 Å². The molecule has 0 radical (unpaired) electrons. The van der Waals surface area contributed by atoms with Crippen LogP contribution in [0.25, 0.3) is 6.08 Å². The molecule has 0 heterocycles. The van der Waals surface area contributed by atoms with Gasteiger partial charge in [0.15, 0.2) is 0 Å². The molecule has 0 bridgehead atoms. The highest BCUT2D eigenvalue weighted by Crippen LogP contribution is 2.28. The van der Waals surface area contributed by atoms with Crippen LogP contribution in [0.5, 0.6) is 11.5 Å². The van der Waals surface area contributed by atoms with Crippen molar-refractivity contribution in [3.8, 4) is 11.5 Å². The molecule has 0 aliphatic carbocycles. The van der Waals surface area contributed by atoms with Crippen molar-refractivity contribution >= 4 is 39.4 Å². The molecular weight excluding hydrogens is 344 g/mol. The van der Waals surface area contributed by atoms with E-state index in [1.807, 2.05) is 0 Å². The molecule has 0 aromatic heterocycles. The van der Waals surface area contributed by atoms with Crippen molar-refractivity contribution in [2.24, 2.45) is 0 Å². The third-order valence-electron chi connectivity index (χ3n) is 2.63. The SMILES string of the molecule is O=C(/C(Br)=C/c1ccccc1Cl)c1cc(O)ccc1O. The predicted octanol–water partition coefficient (Wildman–Crippen LogP) is 4.37. The number of aromatic hydroxyl groups is 2. The van der Waals surface area contributed by atoms with Crippen molar-refractivity contribution in [3.05, 3.63) is 63.1 Å². The van der Waals surface area contributed by atoms with Gasteiger partial charge in [0.05, 0.1) is 10.0 Å². The van der Waals surface area contributed by atoms with Gasteiger partial charge in [-0.2, -0.15) is 0 Å². The Morgan fingerprint density at radius 1 is 1.15 bits per heavy atom. The molecule has 0 amide bonds. The fraction of sp³-hybridized carbons (Fsp3) is 0. The summed E-state index contributed by atoms with van der Waals surface area (Å²) >= 11 is 9.18. The Labute approximate surface area is 129 Å². The Bertz CT molecular complexity index is 695. The van der Waals surface area contributed by atoms with Crippen molar-refractivity contribution in [2.45, 2.75) is 0 Å². The summed E-state index contributed by atoms with van der Waals surface area (Å²) in [5.41, 5.74) is 0.689. The average Bonchev–Trinajstić information content (AvgIpc) is 2.43. The number of allylic oxidation sites excluding steroid dienone is 1. The third-order valence-corrected chi connectivity index (χ3v) is 3.56. The molecule has 2 rings (SSSR count). The number of ketones is 1. The maximum atomic E-state index is 12.2. The zero-order chi connectivity index (χ0) is 14.7. The lowest BCUT2D eigenvalue weighted by Gasteiger charge is -2.04. The second-order valence-electron chi connectivity index (χ2n) is 4.04. The van der Waals surface area contributed by atoms with Crippen LogP contribution in [0.1, 0.15) is 15.9 Å². The van der Waals surface area contributed by atoms with E-state index < -0.39 is 5.78 Å². The van der Waals surface area contributed by atoms with Crippen LogP contribution in [0.15, 0.2) is 46.9 Å². The third kappa shape index (κ3) is 3.21. The summed E-state index contributed by atoms with van der Waals surface area (Å²) in [6.45, 7) is 0. The van der Waals surface area contributed by atoms with Crippen LogP contribution in [0, 0.1) is 0 Å². The number of hydrogen-bond acceptors (Lipinski definition) is 3. The first-order valence-electron chi connectivity index (χ1n) is 5.67. The summed E-state index contributed by atoms with van der Waals surface area (Å²) in [6, 6.07) is 10.8. The second-order valence-corrected chi connectivity index (χ2v) is 5.31. The minimum absolute atomic E-state index is 0.0141. The molecule has 2 N–H and O–H groups in total. The zero-order valence-electron chi connectivity index (χ0n) is 10.2. The van der Waals surface area contributed by atoms with Gasteiger partial charge in [0.2, 0.25) is 5.78 Å². The summed E-state index contributed by atoms with van der Waals surface area (Å²) in [4.78, 5) is 12.2. The Hall–Kier alpha value is -1.78. The largest absolute Gasteiger partial charge is 0.508 e. The van der Waals surface area contributed by atoms with E-state index in [0.717, 1.165) is 0 Å². The monoisotopic (exact) mass is 352 g/mol. The lowest BCUT2D eigenvalue weighted by atomic mass is 10.1. The highest BCUT2D eigenvalue weighted by atomic mass is 79.9. The molecule has 0 aliphatic heterocycles. The standard InChI is InChI=1S/C15H10BrClO3/c16-12(7-9-3-1-2-4-13(9)17)15(20)11-8-10(18)5-6-14(11)19/h1-8,18-19H/b12-7-. The molecule has 2 aromatic carbocycles. The molecule has 0 aliphatic rings. The molecule has 0 unspecified atom stereocenters. The summed E-state index contributed by atoms with van der Waals surface area (Å²) in [7, 11) is 0. The van der Waals surface area contributed by atoms with Crippen molar-refractivity contribution in [1.82, 2.24) is 0 Å². The Morgan fingerprint density at radius 3 is 2.55 bits per heavy atom. The number of rotatable bonds is 3. The van der Waals surface area contributed by atoms with E-state index in [0.29, 0.717) is 10.6 Å². The van der Waals surface area contributed by atoms with Gasteiger partial charge in [0.1, 0.15) is 11.5 Å². The zero-order valence-corrected chi connectivity index (χ0v) is 12.5. The molecule has 2 aromatic rings. The van der Waals surface area contributed by atoms with Gasteiger partial charge in [-0.05, 0) is 51.8 Å². The van der Waals surface area contributed by atoms with Gasteiger partial charge in [0.25, 0.3) is 0 Å². The van der Waals surface area contributed by atoms with Crippen LogP contribution in [0.4, 0.5) is 0 Å². The second kappa shape index (κ2) is 6.11. The fourth-order valence-electron chi connectivity index (χ4n) is 1.63. The number of phenols is 2. The van der Waals surface area contributed by atoms with Crippen LogP contribution in [0.2, 0.25) is 5.02 Å². The highest BCUT2D eigenvalue weighted by Gasteiger charge is 2.15. The van der Waals surface area contributed by atoms with Crippen LogP contribution in [0.3, 0.4) is 0 Å². The molecule has 102 valence electrons. The van der Waals surface area contributed by atoms with Crippen LogP contribution in [-0.4, -0.2) is 16.0 Å². The summed E-state index contributed by atoms with van der Waals surface area (Å²) in [6.07, 6.45) is 1.56. The summed E-state index contributed by atoms with van der Waals surface area (Å²) in [5.74, 6) is -0.736. The quantitative estimate of drug-likeness (QED) is 0.489. The summed E-state index contributed by atoms with van der Waals surface area (Å²) < 4.78 is 0.228. The number of benzene rings is 2. The van der Waals surface area contributed by atoms with Gasteiger partial charge in [-0.25, -0.2) is 0 Å². The first kappa shape index (κ1) is 14.6. The van der Waals surface area contributed by atoms with E-state index in [4.69, 9.17) is 11.6 Å². The molecule has 0 fully saturated rings. The molecule has 0 saturated carbocycles. The first-order chi connectivity index (χ1) is 9.49. The van der Waals surface area contributed by atoms with E-state index in [-0.39, 0.29) is 21.5 Å². The van der Waals surface area contributed by atoms with Gasteiger partial charge in [0, 0.05) is 5.02 Å². The van der Waals surface area contributed by atoms with Crippen molar-refractivity contribution < 1.29 is 15.0 Å². The molecule has 0 spiro atoms. The fourth-order valence-corrected chi connectivity index (χ4v) is 2.28. The van der Waals surface area contributed by atoms with Gasteiger partial charge >= 0.3 is 0 Å². The number of carbonyl (C=O) groups excluding carboxylic acids is 1. The molecule has 3 nitrogen and oxygen atoms in total. The van der Waals surface area contributed by atoms with Crippen LogP contribution < -0.4 is 0 Å². The van der Waals surface area contributed by atoms with Gasteiger partial charge in [-0.15, -0.1) is 0 Å². The van der Waals surface area contributed by atoms with E-state index in [2.05, 4.69) is 15.9 Å². The molecule has 0 atom stereocenters. The smallest absolute Gasteiger partial charge is 0.203 e. The summed E-state index contributed by atoms with van der Waals surface area (Å²) in [5, 5.41) is 19.6. The van der Waals surface area contributed by atoms with E-state index in [1.54, 1.807) is 30.3 Å². The van der Waals surface area contributed by atoms with Crippen LogP contribution >= 0.6 is 27.5 Å². The van der Waals surface area contributed by atoms with E-state index in [9.17, 15) is 15.0 Å². The first-order valence-corrected chi connectivity index (χ1v) is 6.84. The van der Waals surface area contributed by atoms with Gasteiger partial charge in [-0.3, -0.25) is 4.79 Å². The highest BCUT2D eigenvalue weighted by molar-refractivity contribution is 9.12. The molecule has 20 heavy (non-hydrogen) atoms. The normalized spacial score (nSPS) is 11.4.